The summed E-state index contributed by atoms with van der Waals surface area (Å²) < 4.78 is 64.4. The molecule has 0 bridgehead atoms. The maximum atomic E-state index is 12.5. The van der Waals surface area contributed by atoms with E-state index < -0.39 is 21.8 Å². The second-order valence-corrected chi connectivity index (χ2v) is 7.81. The molecule has 0 radical (unpaired) electrons. The van der Waals surface area contributed by atoms with Crippen LogP contribution in [0.3, 0.4) is 0 Å². The van der Waals surface area contributed by atoms with Crippen molar-refractivity contribution in [1.29, 1.82) is 0 Å². The largest absolute Gasteiger partial charge is 0.416 e. The first-order valence-electron chi connectivity index (χ1n) is 7.62. The smallest absolute Gasteiger partial charge is 0.336 e. The fourth-order valence-electron chi connectivity index (χ4n) is 2.27. The van der Waals surface area contributed by atoms with Crippen LogP contribution in [-0.2, 0) is 29.3 Å². The molecule has 0 amide bonds. The van der Waals surface area contributed by atoms with E-state index in [1.54, 1.807) is 0 Å². The number of sulfonamides is 1. The number of hydrogen-bond donors (Lipinski definition) is 2. The van der Waals surface area contributed by atoms with Gasteiger partial charge in [0.25, 0.3) is 0 Å². The van der Waals surface area contributed by atoms with Gasteiger partial charge in [-0.1, -0.05) is 24.3 Å². The van der Waals surface area contributed by atoms with Crippen LogP contribution < -0.4 is 9.62 Å². The third kappa shape index (κ3) is 5.55. The lowest BCUT2D eigenvalue weighted by molar-refractivity contribution is -0.872. The first-order chi connectivity index (χ1) is 11.6. The fraction of sp³-hybridized carbons (Fsp3) is 0.294. The van der Waals surface area contributed by atoms with Crippen LogP contribution in [0, 0.1) is 0 Å². The van der Waals surface area contributed by atoms with Gasteiger partial charge >= 0.3 is 6.18 Å². The maximum absolute atomic E-state index is 12.5. The Balaban J connectivity index is 2.04. The minimum Gasteiger partial charge on any atom is -0.336 e. The summed E-state index contributed by atoms with van der Waals surface area (Å²) in [6.07, 6.45) is -4.49. The molecule has 0 aliphatic carbocycles. The molecule has 0 fully saturated rings. The maximum Gasteiger partial charge on any atom is 0.416 e. The average molecular weight is 373 g/mol. The molecule has 0 heterocycles. The highest BCUT2D eigenvalue weighted by Crippen LogP contribution is 2.29. The molecule has 0 aromatic heterocycles. The van der Waals surface area contributed by atoms with Gasteiger partial charge in [0.1, 0.15) is 6.54 Å². The lowest BCUT2D eigenvalue weighted by Gasteiger charge is -2.10. The molecule has 0 aliphatic rings. The van der Waals surface area contributed by atoms with Crippen LogP contribution >= 0.6 is 0 Å². The molecule has 25 heavy (non-hydrogen) atoms. The van der Waals surface area contributed by atoms with E-state index in [0.29, 0.717) is 0 Å². The summed E-state index contributed by atoms with van der Waals surface area (Å²) in [6.45, 7) is 0.927. The predicted molar refractivity (Wildman–Crippen MR) is 88.4 cm³/mol. The minimum absolute atomic E-state index is 0.0679. The van der Waals surface area contributed by atoms with Crippen LogP contribution in [0.15, 0.2) is 53.4 Å². The first-order valence-corrected chi connectivity index (χ1v) is 9.10. The predicted octanol–water partition coefficient (Wildman–Crippen LogP) is 1.83. The molecule has 2 N–H and O–H groups in total. The molecule has 0 aliphatic heterocycles. The number of halogens is 3. The van der Waals surface area contributed by atoms with Crippen LogP contribution in [0.2, 0.25) is 0 Å². The molecule has 8 heteroatoms. The van der Waals surface area contributed by atoms with Crippen LogP contribution in [0.4, 0.5) is 13.2 Å². The number of benzene rings is 2. The van der Waals surface area contributed by atoms with Crippen LogP contribution in [-0.4, -0.2) is 22.5 Å². The second-order valence-electron chi connectivity index (χ2n) is 6.05. The molecule has 0 saturated heterocycles. The molecule has 2 rings (SSSR count). The Morgan fingerprint density at radius 2 is 1.44 bits per heavy atom. The molecule has 0 spiro atoms. The minimum atomic E-state index is -4.49. The zero-order valence-electron chi connectivity index (χ0n) is 13.9. The number of hydrogen-bond acceptors (Lipinski definition) is 2. The number of quaternary nitrogens is 1. The van der Waals surface area contributed by atoms with E-state index >= 15 is 0 Å². The summed E-state index contributed by atoms with van der Waals surface area (Å²) in [5.41, 5.74) is 1.02. The van der Waals surface area contributed by atoms with E-state index in [1.165, 1.54) is 4.90 Å². The van der Waals surface area contributed by atoms with Crippen molar-refractivity contribution in [2.45, 2.75) is 24.2 Å². The lowest BCUT2D eigenvalue weighted by Crippen LogP contribution is -3.04. The first kappa shape index (κ1) is 19.4. The highest BCUT2D eigenvalue weighted by Gasteiger charge is 2.30. The Morgan fingerprint density at radius 3 is 1.92 bits per heavy atom. The molecule has 0 unspecified atom stereocenters. The van der Waals surface area contributed by atoms with Gasteiger partial charge in [-0.05, 0) is 29.8 Å². The number of nitrogens with one attached hydrogen (secondary N) is 2. The van der Waals surface area contributed by atoms with Crippen molar-refractivity contribution in [3.05, 3.63) is 65.2 Å². The van der Waals surface area contributed by atoms with E-state index in [9.17, 15) is 21.6 Å². The molecule has 4 nitrogen and oxygen atoms in total. The van der Waals surface area contributed by atoms with Gasteiger partial charge < -0.3 is 4.90 Å². The topological polar surface area (TPSA) is 50.6 Å². The van der Waals surface area contributed by atoms with Gasteiger partial charge in [0.2, 0.25) is 10.0 Å². The van der Waals surface area contributed by atoms with E-state index in [4.69, 9.17) is 0 Å². The monoisotopic (exact) mass is 373 g/mol. The molecule has 136 valence electrons. The summed E-state index contributed by atoms with van der Waals surface area (Å²) in [4.78, 5) is 1.07. The number of alkyl halides is 3. The van der Waals surface area contributed by atoms with E-state index in [2.05, 4.69) is 4.72 Å². The summed E-state index contributed by atoms with van der Waals surface area (Å²) >= 11 is 0. The Kier molecular flexibility index (Phi) is 5.87. The Morgan fingerprint density at radius 1 is 0.920 bits per heavy atom. The molecular formula is C17H20F3N2O2S+. The number of rotatable bonds is 6. The third-order valence-electron chi connectivity index (χ3n) is 3.54. The van der Waals surface area contributed by atoms with Gasteiger partial charge in [-0.15, -0.1) is 0 Å². The van der Waals surface area contributed by atoms with Crippen molar-refractivity contribution >= 4 is 10.0 Å². The summed E-state index contributed by atoms with van der Waals surface area (Å²) in [5.74, 6) is 0. The van der Waals surface area contributed by atoms with E-state index in [-0.39, 0.29) is 11.4 Å². The van der Waals surface area contributed by atoms with Crippen molar-refractivity contribution in [3.8, 4) is 0 Å². The standard InChI is InChI=1S/C17H19F3N2O2S/c1-22(2)12-14-5-3-13(4-6-14)11-21-25(23,24)16-9-7-15(8-10-16)17(18,19)20/h3-10,21H,11-12H2,1-2H3/p+1. The average Bonchev–Trinajstić information content (AvgIpc) is 2.53. The second kappa shape index (κ2) is 7.55. The van der Waals surface area contributed by atoms with Gasteiger partial charge in [0.15, 0.2) is 0 Å². The molecule has 0 atom stereocenters. The Hall–Kier alpha value is -1.90. The van der Waals surface area contributed by atoms with Crippen molar-refractivity contribution in [2.75, 3.05) is 14.1 Å². The zero-order chi connectivity index (χ0) is 18.7. The van der Waals surface area contributed by atoms with E-state index in [0.717, 1.165) is 41.9 Å². The van der Waals surface area contributed by atoms with Crippen molar-refractivity contribution in [1.82, 2.24) is 4.72 Å². The molecule has 0 saturated carbocycles. The van der Waals surface area contributed by atoms with Gasteiger partial charge in [-0.3, -0.25) is 0 Å². The molecule has 2 aromatic rings. The zero-order valence-corrected chi connectivity index (χ0v) is 14.7. The van der Waals surface area contributed by atoms with Crippen molar-refractivity contribution < 1.29 is 26.5 Å². The highest BCUT2D eigenvalue weighted by atomic mass is 32.2. The summed E-state index contributed by atoms with van der Waals surface area (Å²) in [5, 5.41) is 0. The lowest BCUT2D eigenvalue weighted by atomic mass is 10.1. The van der Waals surface area contributed by atoms with Crippen molar-refractivity contribution in [3.63, 3.8) is 0 Å². The van der Waals surface area contributed by atoms with Crippen LogP contribution in [0.5, 0.6) is 0 Å². The quantitative estimate of drug-likeness (QED) is 0.812. The van der Waals surface area contributed by atoms with Gasteiger partial charge in [0, 0.05) is 12.1 Å². The Labute approximate surface area is 145 Å². The summed E-state index contributed by atoms with van der Waals surface area (Å²) in [7, 11) is 0.196. The van der Waals surface area contributed by atoms with Crippen LogP contribution in [0.25, 0.3) is 0 Å². The SMILES string of the molecule is C[NH+](C)Cc1ccc(CNS(=O)(=O)c2ccc(C(F)(F)F)cc2)cc1. The normalized spacial score (nSPS) is 12.6. The van der Waals surface area contributed by atoms with E-state index in [1.807, 2.05) is 38.4 Å². The van der Waals surface area contributed by atoms with Crippen molar-refractivity contribution in [2.24, 2.45) is 0 Å². The van der Waals surface area contributed by atoms with Gasteiger partial charge in [-0.25, -0.2) is 13.1 Å². The fourth-order valence-corrected chi connectivity index (χ4v) is 3.29. The van der Waals surface area contributed by atoms with Gasteiger partial charge in [-0.2, -0.15) is 13.2 Å². The molecule has 2 aromatic carbocycles. The van der Waals surface area contributed by atoms with Crippen LogP contribution in [0.1, 0.15) is 16.7 Å². The Bertz CT molecular complexity index is 799. The highest BCUT2D eigenvalue weighted by molar-refractivity contribution is 7.89. The molecular weight excluding hydrogens is 353 g/mol. The summed E-state index contributed by atoms with van der Waals surface area (Å²) in [6, 6.07) is 10.9. The van der Waals surface area contributed by atoms with Gasteiger partial charge in [0.05, 0.1) is 24.6 Å². The third-order valence-corrected chi connectivity index (χ3v) is 4.96.